The van der Waals surface area contributed by atoms with Crippen LogP contribution in [0.3, 0.4) is 0 Å². The number of hydrogen-bond donors (Lipinski definition) is 1. The molecule has 0 bridgehead atoms. The molecule has 0 atom stereocenters. The molecule has 0 radical (unpaired) electrons. The number of carbonyl (C=O) groups is 1. The third-order valence-corrected chi connectivity index (χ3v) is 3.62. The molecule has 0 unspecified atom stereocenters. The molecule has 1 aromatic rings. The van der Waals surface area contributed by atoms with Gasteiger partial charge in [0.2, 0.25) is 9.84 Å². The predicted octanol–water partition coefficient (Wildman–Crippen LogP) is 0.957. The van der Waals surface area contributed by atoms with Crippen molar-refractivity contribution in [3.63, 3.8) is 0 Å². The molecule has 1 N–H and O–H groups in total. The lowest BCUT2D eigenvalue weighted by Gasteiger charge is -2.05. The minimum atomic E-state index is -3.87. The molecule has 0 saturated carbocycles. The molecule has 1 aliphatic rings. The summed E-state index contributed by atoms with van der Waals surface area (Å²) < 4.78 is 41.0. The van der Waals surface area contributed by atoms with Crippen molar-refractivity contribution in [3.8, 4) is 5.75 Å². The summed E-state index contributed by atoms with van der Waals surface area (Å²) in [6.07, 6.45) is 0. The molecule has 1 aliphatic heterocycles. The highest BCUT2D eigenvalue weighted by Crippen LogP contribution is 2.17. The van der Waals surface area contributed by atoms with Gasteiger partial charge < -0.3 is 9.84 Å². The summed E-state index contributed by atoms with van der Waals surface area (Å²) in [7, 11) is -3.87. The summed E-state index contributed by atoms with van der Waals surface area (Å²) in [6.45, 7) is -0.459. The minimum Gasteiger partial charge on any atom is -0.486 e. The summed E-state index contributed by atoms with van der Waals surface area (Å²) in [5, 5.41) is 8.79. The Morgan fingerprint density at radius 1 is 1.42 bits per heavy atom. The molecular formula is C11H8FNO5S. The minimum absolute atomic E-state index is 0.127. The highest BCUT2D eigenvalue weighted by Gasteiger charge is 2.28. The van der Waals surface area contributed by atoms with Crippen molar-refractivity contribution in [2.75, 3.05) is 6.61 Å². The summed E-state index contributed by atoms with van der Waals surface area (Å²) in [6, 6.07) is 5.13. The Kier molecular flexibility index (Phi) is 3.34. The highest BCUT2D eigenvalue weighted by atomic mass is 32.2. The predicted molar refractivity (Wildman–Crippen MR) is 64.0 cm³/mol. The van der Waals surface area contributed by atoms with E-state index in [0.717, 1.165) is 6.07 Å². The third-order valence-electron chi connectivity index (χ3n) is 2.22. The summed E-state index contributed by atoms with van der Waals surface area (Å²) in [4.78, 5) is 14.1. The van der Waals surface area contributed by atoms with Crippen molar-refractivity contribution in [1.82, 2.24) is 0 Å². The van der Waals surface area contributed by atoms with E-state index in [9.17, 15) is 17.6 Å². The first-order chi connectivity index (χ1) is 8.88. The van der Waals surface area contributed by atoms with Crippen molar-refractivity contribution in [1.29, 1.82) is 0 Å². The first kappa shape index (κ1) is 13.2. The van der Waals surface area contributed by atoms with Crippen molar-refractivity contribution in [2.24, 2.45) is 4.99 Å². The van der Waals surface area contributed by atoms with Gasteiger partial charge in [0.25, 0.3) is 0 Å². The molecule has 19 heavy (non-hydrogen) atoms. The molecule has 1 aromatic carbocycles. The van der Waals surface area contributed by atoms with Gasteiger partial charge in [-0.15, -0.1) is 0 Å². The standard InChI is InChI=1S/C11H8FNO5S/c12-7-2-1-3-8(4-7)18-5-10-13-9(11(14)15)6-19(10,16)17/h1-4,6H,5H2,(H,14,15). The number of carboxylic acid groups (broad SMARTS) is 1. The van der Waals surface area contributed by atoms with E-state index in [-0.39, 0.29) is 5.75 Å². The fraction of sp³-hybridized carbons (Fsp3) is 0.0909. The van der Waals surface area contributed by atoms with Gasteiger partial charge >= 0.3 is 5.97 Å². The van der Waals surface area contributed by atoms with E-state index in [1.807, 2.05) is 0 Å². The molecule has 100 valence electrons. The first-order valence-electron chi connectivity index (χ1n) is 5.04. The van der Waals surface area contributed by atoms with E-state index in [1.54, 1.807) is 0 Å². The van der Waals surface area contributed by atoms with Gasteiger partial charge in [0, 0.05) is 6.07 Å². The molecule has 8 heteroatoms. The van der Waals surface area contributed by atoms with Gasteiger partial charge in [-0.3, -0.25) is 0 Å². The maximum atomic E-state index is 12.9. The maximum absolute atomic E-state index is 12.9. The second kappa shape index (κ2) is 4.81. The summed E-state index contributed by atoms with van der Waals surface area (Å²) >= 11 is 0. The third kappa shape index (κ3) is 2.97. The summed E-state index contributed by atoms with van der Waals surface area (Å²) in [5.41, 5.74) is -0.571. The van der Waals surface area contributed by atoms with Gasteiger partial charge in [-0.1, -0.05) is 6.07 Å². The van der Waals surface area contributed by atoms with Crippen LogP contribution in [-0.2, 0) is 14.6 Å². The second-order valence-corrected chi connectivity index (χ2v) is 5.40. The van der Waals surface area contributed by atoms with E-state index in [0.29, 0.717) is 5.41 Å². The van der Waals surface area contributed by atoms with E-state index in [2.05, 4.69) is 4.99 Å². The van der Waals surface area contributed by atoms with Crippen molar-refractivity contribution < 1.29 is 27.4 Å². The SMILES string of the molecule is O=C(O)C1=CS(=O)(=O)C(COc2cccc(F)c2)=N1. The number of nitrogens with zero attached hydrogens (tertiary/aromatic N) is 1. The van der Waals surface area contributed by atoms with Crippen LogP contribution >= 0.6 is 0 Å². The van der Waals surface area contributed by atoms with E-state index < -0.39 is 39.0 Å². The Bertz CT molecular complexity index is 693. The average Bonchev–Trinajstić information content (AvgIpc) is 2.62. The van der Waals surface area contributed by atoms with Gasteiger partial charge in [-0.25, -0.2) is 22.6 Å². The molecular weight excluding hydrogens is 277 g/mol. The van der Waals surface area contributed by atoms with E-state index in [1.165, 1.54) is 18.2 Å². The lowest BCUT2D eigenvalue weighted by atomic mass is 10.3. The zero-order valence-corrected chi connectivity index (χ0v) is 10.2. The van der Waals surface area contributed by atoms with Crippen LogP contribution in [0.4, 0.5) is 4.39 Å². The first-order valence-corrected chi connectivity index (χ1v) is 6.59. The quantitative estimate of drug-likeness (QED) is 0.889. The highest BCUT2D eigenvalue weighted by molar-refractivity contribution is 8.09. The van der Waals surface area contributed by atoms with Crippen LogP contribution in [0.1, 0.15) is 0 Å². The molecule has 6 nitrogen and oxygen atoms in total. The Morgan fingerprint density at radius 2 is 2.16 bits per heavy atom. The van der Waals surface area contributed by atoms with Crippen molar-refractivity contribution >= 4 is 20.9 Å². The molecule has 0 spiro atoms. The topological polar surface area (TPSA) is 93.0 Å². The molecule has 2 rings (SSSR count). The molecule has 0 aliphatic carbocycles. The molecule has 0 saturated heterocycles. The van der Waals surface area contributed by atoms with Crippen LogP contribution in [0.25, 0.3) is 0 Å². The fourth-order valence-corrected chi connectivity index (χ4v) is 2.39. The Labute approximate surface area is 107 Å². The van der Waals surface area contributed by atoms with Gasteiger partial charge in [-0.05, 0) is 12.1 Å². The lowest BCUT2D eigenvalue weighted by Crippen LogP contribution is -2.17. The normalized spacial score (nSPS) is 16.7. The smallest absolute Gasteiger partial charge is 0.355 e. The number of hydrogen-bond acceptors (Lipinski definition) is 5. The number of aliphatic carboxylic acids is 1. The average molecular weight is 285 g/mol. The zero-order valence-electron chi connectivity index (χ0n) is 9.41. The number of sulfone groups is 1. The lowest BCUT2D eigenvalue weighted by molar-refractivity contribution is -0.132. The van der Waals surface area contributed by atoms with E-state index >= 15 is 0 Å². The van der Waals surface area contributed by atoms with Gasteiger partial charge in [0.15, 0.2) is 10.7 Å². The van der Waals surface area contributed by atoms with Crippen LogP contribution in [0, 0.1) is 5.82 Å². The van der Waals surface area contributed by atoms with Crippen LogP contribution in [0.5, 0.6) is 5.75 Å². The van der Waals surface area contributed by atoms with Gasteiger partial charge in [-0.2, -0.15) is 0 Å². The van der Waals surface area contributed by atoms with E-state index in [4.69, 9.17) is 9.84 Å². The zero-order chi connectivity index (χ0) is 14.0. The molecule has 0 aromatic heterocycles. The maximum Gasteiger partial charge on any atom is 0.355 e. The van der Waals surface area contributed by atoms with Crippen LogP contribution in [0.2, 0.25) is 0 Å². The number of rotatable bonds is 4. The van der Waals surface area contributed by atoms with Crippen molar-refractivity contribution in [3.05, 3.63) is 41.2 Å². The van der Waals surface area contributed by atoms with Crippen LogP contribution in [-0.4, -0.2) is 31.1 Å². The summed E-state index contributed by atoms with van der Waals surface area (Å²) in [5.74, 6) is -1.84. The Morgan fingerprint density at radius 3 is 2.74 bits per heavy atom. The Balaban J connectivity index is 2.13. The number of halogens is 1. The van der Waals surface area contributed by atoms with Gasteiger partial charge in [0.1, 0.15) is 18.2 Å². The number of aliphatic imine (C=N–C) groups is 1. The number of ether oxygens (including phenoxy) is 1. The monoisotopic (exact) mass is 285 g/mol. The van der Waals surface area contributed by atoms with Crippen LogP contribution < -0.4 is 4.74 Å². The van der Waals surface area contributed by atoms with Crippen molar-refractivity contribution in [2.45, 2.75) is 0 Å². The number of benzene rings is 1. The largest absolute Gasteiger partial charge is 0.486 e. The van der Waals surface area contributed by atoms with Crippen LogP contribution in [0.15, 0.2) is 40.4 Å². The molecule has 0 fully saturated rings. The number of carboxylic acids is 1. The molecule has 0 amide bonds. The second-order valence-electron chi connectivity index (χ2n) is 3.60. The fourth-order valence-electron chi connectivity index (χ4n) is 1.35. The molecule has 1 heterocycles. The van der Waals surface area contributed by atoms with Gasteiger partial charge in [0.05, 0.1) is 5.41 Å². The Hall–Kier alpha value is -2.22.